The van der Waals surface area contributed by atoms with Crippen molar-refractivity contribution >= 4 is 5.97 Å². The molecule has 0 spiro atoms. The summed E-state index contributed by atoms with van der Waals surface area (Å²) in [4.78, 5) is 12.2. The highest BCUT2D eigenvalue weighted by molar-refractivity contribution is 5.73. The molecule has 1 rings (SSSR count). The van der Waals surface area contributed by atoms with Crippen LogP contribution in [-0.4, -0.2) is 5.97 Å². The summed E-state index contributed by atoms with van der Waals surface area (Å²) in [7, 11) is 0. The quantitative estimate of drug-likeness (QED) is 0.112. The van der Waals surface area contributed by atoms with Gasteiger partial charge in [-0.2, -0.15) is 0 Å². The maximum atomic E-state index is 12.2. The molecule has 2 nitrogen and oxygen atoms in total. The van der Waals surface area contributed by atoms with Crippen molar-refractivity contribution in [3.63, 3.8) is 0 Å². The molecule has 0 atom stereocenters. The Kier molecular flexibility index (Phi) is 15.8. The van der Waals surface area contributed by atoms with Crippen LogP contribution in [-0.2, 0) is 4.79 Å². The van der Waals surface area contributed by atoms with Gasteiger partial charge in [0.2, 0.25) is 0 Å². The van der Waals surface area contributed by atoms with Crippen LogP contribution in [0.3, 0.4) is 0 Å². The fraction of sp³-hybridized carbons (Fsp3) is 0.500. The predicted molar refractivity (Wildman–Crippen MR) is 139 cm³/mol. The fourth-order valence-corrected chi connectivity index (χ4v) is 3.31. The predicted octanol–water partition coefficient (Wildman–Crippen LogP) is 9.17. The first-order chi connectivity index (χ1) is 15.5. The van der Waals surface area contributed by atoms with Gasteiger partial charge in [0.15, 0.2) is 0 Å². The summed E-state index contributed by atoms with van der Waals surface area (Å²) in [6, 6.07) is 6.08. The van der Waals surface area contributed by atoms with E-state index in [4.69, 9.17) is 4.74 Å². The van der Waals surface area contributed by atoms with Crippen LogP contribution in [0.25, 0.3) is 0 Å². The van der Waals surface area contributed by atoms with Gasteiger partial charge >= 0.3 is 5.97 Å². The number of allylic oxidation sites excluding steroid dienone is 8. The van der Waals surface area contributed by atoms with E-state index >= 15 is 0 Å². The molecule has 0 saturated carbocycles. The number of esters is 1. The van der Waals surface area contributed by atoms with Gasteiger partial charge in [-0.1, -0.05) is 94.4 Å². The molecule has 0 aliphatic heterocycles. The number of carbonyl (C=O) groups excluding carboxylic acids is 1. The molecular weight excluding hydrogens is 392 g/mol. The summed E-state index contributed by atoms with van der Waals surface area (Å²) >= 11 is 0. The molecule has 0 amide bonds. The van der Waals surface area contributed by atoms with Gasteiger partial charge < -0.3 is 4.74 Å². The third kappa shape index (κ3) is 13.9. The molecule has 2 heteroatoms. The van der Waals surface area contributed by atoms with Gasteiger partial charge in [-0.25, -0.2) is 0 Å². The summed E-state index contributed by atoms with van der Waals surface area (Å²) < 4.78 is 5.63. The monoisotopic (exact) mass is 436 g/mol. The van der Waals surface area contributed by atoms with E-state index in [2.05, 4.69) is 81.5 Å². The minimum absolute atomic E-state index is 0.145. The van der Waals surface area contributed by atoms with Crippen molar-refractivity contribution < 1.29 is 9.53 Å². The smallest absolute Gasteiger partial charge is 0.311 e. The van der Waals surface area contributed by atoms with Gasteiger partial charge in [-0.15, -0.1) is 0 Å². The van der Waals surface area contributed by atoms with Gasteiger partial charge in [0, 0.05) is 6.42 Å². The largest absolute Gasteiger partial charge is 0.426 e. The molecule has 176 valence electrons. The van der Waals surface area contributed by atoms with E-state index < -0.39 is 0 Å². The lowest BCUT2D eigenvalue weighted by Gasteiger charge is -2.13. The lowest BCUT2D eigenvalue weighted by molar-refractivity contribution is -0.134. The molecule has 0 bridgehead atoms. The topological polar surface area (TPSA) is 26.3 Å². The van der Waals surface area contributed by atoms with E-state index in [0.29, 0.717) is 18.1 Å². The maximum absolute atomic E-state index is 12.2. The number of unbranched alkanes of at least 4 members (excludes halogenated alkanes) is 4. The van der Waals surface area contributed by atoms with Crippen molar-refractivity contribution in [2.24, 2.45) is 0 Å². The number of benzene rings is 1. The van der Waals surface area contributed by atoms with E-state index in [1.807, 2.05) is 13.0 Å². The molecule has 0 saturated heterocycles. The van der Waals surface area contributed by atoms with Crippen molar-refractivity contribution in [1.29, 1.82) is 0 Å². The molecule has 0 aromatic heterocycles. The van der Waals surface area contributed by atoms with Crippen LogP contribution >= 0.6 is 0 Å². The van der Waals surface area contributed by atoms with Gasteiger partial charge in [0.1, 0.15) is 5.75 Å². The Morgan fingerprint density at radius 2 is 1.41 bits per heavy atom. The Bertz CT molecular complexity index is 750. The molecule has 0 radical (unpaired) electrons. The number of ether oxygens (including phenoxy) is 1. The van der Waals surface area contributed by atoms with Crippen LogP contribution in [0.1, 0.15) is 102 Å². The fourth-order valence-electron chi connectivity index (χ4n) is 3.31. The molecular formula is C30H44O2. The molecule has 1 aromatic carbocycles. The summed E-state index contributed by atoms with van der Waals surface area (Å²) in [6.45, 7) is 8.49. The molecule has 0 fully saturated rings. The van der Waals surface area contributed by atoms with Crippen molar-refractivity contribution in [2.75, 3.05) is 0 Å². The highest BCUT2D eigenvalue weighted by Crippen LogP contribution is 2.27. The Morgan fingerprint density at radius 3 is 1.97 bits per heavy atom. The average Bonchev–Trinajstić information content (AvgIpc) is 2.75. The van der Waals surface area contributed by atoms with E-state index in [-0.39, 0.29) is 5.97 Å². The van der Waals surface area contributed by atoms with Gasteiger partial charge in [-0.3, -0.25) is 4.79 Å². The standard InChI is InChI=1S/C30H44O2/c1-5-6-7-8-9-10-11-12-13-14-15-16-17-18-19-20-21-22-30(31)32-29-25-27(4)23-24-28(29)26(2)3/h9-10,12-13,15-16,18-19,23-26H,5-8,11,14,17,20-22H2,1-4H3. The summed E-state index contributed by atoms with van der Waals surface area (Å²) in [6.07, 6.45) is 28.0. The summed E-state index contributed by atoms with van der Waals surface area (Å²) in [5, 5.41) is 0. The van der Waals surface area contributed by atoms with Crippen molar-refractivity contribution in [3.8, 4) is 5.75 Å². The highest BCUT2D eigenvalue weighted by Gasteiger charge is 2.11. The normalized spacial score (nSPS) is 12.3. The molecule has 0 aliphatic carbocycles. The summed E-state index contributed by atoms with van der Waals surface area (Å²) in [5.41, 5.74) is 2.20. The number of rotatable bonds is 16. The SMILES string of the molecule is CCCCCC=CCC=CCC=CCC=CCCCC(=O)Oc1cc(C)ccc1C(C)C. The van der Waals surface area contributed by atoms with Crippen LogP contribution in [0.15, 0.2) is 66.8 Å². The minimum atomic E-state index is -0.145. The zero-order valence-corrected chi connectivity index (χ0v) is 20.8. The summed E-state index contributed by atoms with van der Waals surface area (Å²) in [5.74, 6) is 0.901. The molecule has 0 heterocycles. The zero-order chi connectivity index (χ0) is 23.4. The maximum Gasteiger partial charge on any atom is 0.311 e. The lowest BCUT2D eigenvalue weighted by atomic mass is 10.0. The Hall–Kier alpha value is -2.35. The van der Waals surface area contributed by atoms with Crippen LogP contribution in [0.2, 0.25) is 0 Å². The van der Waals surface area contributed by atoms with Crippen LogP contribution < -0.4 is 4.74 Å². The first kappa shape index (κ1) is 27.7. The van der Waals surface area contributed by atoms with Crippen LogP contribution in [0, 0.1) is 6.92 Å². The Morgan fingerprint density at radius 1 is 0.844 bits per heavy atom. The minimum Gasteiger partial charge on any atom is -0.426 e. The van der Waals surface area contributed by atoms with Crippen LogP contribution in [0.5, 0.6) is 5.75 Å². The molecule has 0 unspecified atom stereocenters. The van der Waals surface area contributed by atoms with E-state index in [1.54, 1.807) is 0 Å². The zero-order valence-electron chi connectivity index (χ0n) is 20.8. The Balaban J connectivity index is 2.12. The number of hydrogen-bond donors (Lipinski definition) is 0. The molecule has 1 aromatic rings. The highest BCUT2D eigenvalue weighted by atomic mass is 16.5. The van der Waals surface area contributed by atoms with Crippen molar-refractivity contribution in [1.82, 2.24) is 0 Å². The van der Waals surface area contributed by atoms with Gasteiger partial charge in [-0.05, 0) is 75.0 Å². The van der Waals surface area contributed by atoms with E-state index in [9.17, 15) is 4.79 Å². The number of carbonyl (C=O) groups is 1. The molecule has 0 N–H and O–H groups in total. The van der Waals surface area contributed by atoms with Gasteiger partial charge in [0.05, 0.1) is 0 Å². The third-order valence-electron chi connectivity index (χ3n) is 5.22. The molecule has 0 aliphatic rings. The van der Waals surface area contributed by atoms with Crippen molar-refractivity contribution in [2.45, 2.75) is 97.8 Å². The first-order valence-electron chi connectivity index (χ1n) is 12.5. The van der Waals surface area contributed by atoms with Crippen molar-refractivity contribution in [3.05, 3.63) is 77.9 Å². The molecule has 32 heavy (non-hydrogen) atoms. The van der Waals surface area contributed by atoms with E-state index in [0.717, 1.165) is 43.2 Å². The second-order valence-electron chi connectivity index (χ2n) is 8.65. The first-order valence-corrected chi connectivity index (χ1v) is 12.5. The van der Waals surface area contributed by atoms with Crippen LogP contribution in [0.4, 0.5) is 0 Å². The lowest BCUT2D eigenvalue weighted by Crippen LogP contribution is -2.09. The second-order valence-corrected chi connectivity index (χ2v) is 8.65. The third-order valence-corrected chi connectivity index (χ3v) is 5.22. The average molecular weight is 437 g/mol. The van der Waals surface area contributed by atoms with E-state index in [1.165, 1.54) is 25.7 Å². The number of aryl methyl sites for hydroxylation is 1. The Labute approximate surface area is 197 Å². The van der Waals surface area contributed by atoms with Gasteiger partial charge in [0.25, 0.3) is 0 Å². The number of hydrogen-bond acceptors (Lipinski definition) is 2. The second kappa shape index (κ2) is 18.2.